The van der Waals surface area contributed by atoms with Crippen LogP contribution in [0.1, 0.15) is 27.4 Å². The molecule has 2 N–H and O–H groups in total. The monoisotopic (exact) mass is 383 g/mol. The fourth-order valence-electron chi connectivity index (χ4n) is 2.39. The molecule has 0 spiro atoms. The largest absolute Gasteiger partial charge is 0.481 e. The predicted octanol–water partition coefficient (Wildman–Crippen LogP) is 4.01. The molecule has 0 aromatic heterocycles. The van der Waals surface area contributed by atoms with Crippen LogP contribution in [0.15, 0.2) is 36.4 Å². The molecule has 1 atom stereocenters. The minimum atomic E-state index is -1.32. The lowest BCUT2D eigenvalue weighted by Gasteiger charge is -2.15. The summed E-state index contributed by atoms with van der Waals surface area (Å²) in [6, 6.07) is 7.50. The van der Waals surface area contributed by atoms with E-state index in [2.05, 4.69) is 0 Å². The van der Waals surface area contributed by atoms with Crippen LogP contribution in [0.3, 0.4) is 0 Å². The van der Waals surface area contributed by atoms with E-state index in [1.807, 2.05) is 0 Å². The molecule has 2 aromatic carbocycles. The van der Waals surface area contributed by atoms with Crippen LogP contribution in [-0.2, 0) is 11.2 Å². The third-order valence-electron chi connectivity index (χ3n) is 3.58. The molecule has 0 amide bonds. The molecular weight excluding hydrogens is 373 g/mol. The van der Waals surface area contributed by atoms with Crippen LogP contribution in [0.25, 0.3) is 0 Å². The van der Waals surface area contributed by atoms with Crippen LogP contribution in [0.2, 0.25) is 10.0 Å². The van der Waals surface area contributed by atoms with Crippen molar-refractivity contribution in [3.63, 3.8) is 0 Å². The van der Waals surface area contributed by atoms with Crippen molar-refractivity contribution < 1.29 is 24.7 Å². The molecule has 0 heterocycles. The zero-order valence-electron chi connectivity index (χ0n) is 12.5. The van der Waals surface area contributed by atoms with Crippen LogP contribution in [0.5, 0.6) is 0 Å². The average Bonchev–Trinajstić information content (AvgIpc) is 2.53. The van der Waals surface area contributed by atoms with Crippen LogP contribution >= 0.6 is 23.2 Å². The number of halogens is 2. The number of aromatic carboxylic acids is 1. The Morgan fingerprint density at radius 3 is 2.36 bits per heavy atom. The average molecular weight is 384 g/mol. The second-order valence-corrected chi connectivity index (χ2v) is 6.01. The number of carboxylic acid groups (broad SMARTS) is 2. The predicted molar refractivity (Wildman–Crippen MR) is 90.6 cm³/mol. The molecule has 25 heavy (non-hydrogen) atoms. The van der Waals surface area contributed by atoms with Crippen molar-refractivity contribution in [1.82, 2.24) is 0 Å². The fourth-order valence-corrected chi connectivity index (χ4v) is 2.76. The molecule has 0 radical (unpaired) electrons. The maximum Gasteiger partial charge on any atom is 0.335 e. The van der Waals surface area contributed by atoms with Crippen molar-refractivity contribution >= 4 is 40.8 Å². The summed E-state index contributed by atoms with van der Waals surface area (Å²) in [5, 5.41) is 30.1. The number of hydrogen-bond acceptors (Lipinski definition) is 4. The molecule has 0 aliphatic carbocycles. The van der Waals surface area contributed by atoms with Gasteiger partial charge >= 0.3 is 11.9 Å². The van der Waals surface area contributed by atoms with Gasteiger partial charge in [-0.15, -0.1) is 0 Å². The summed E-state index contributed by atoms with van der Waals surface area (Å²) >= 11 is 11.9. The first kappa shape index (κ1) is 18.7. The van der Waals surface area contributed by atoms with Gasteiger partial charge in [-0.2, -0.15) is 0 Å². The van der Waals surface area contributed by atoms with E-state index in [9.17, 15) is 24.8 Å². The SMILES string of the molecule is O=C(O)c1ccc(Cl)c(CC(C(=O)O)c2cc(Cl)ccc2[N+](=O)[O-])c1. The normalized spacial score (nSPS) is 11.8. The Morgan fingerprint density at radius 1 is 1.12 bits per heavy atom. The maximum absolute atomic E-state index is 11.7. The molecular formula is C16H11Cl2NO6. The second kappa shape index (κ2) is 7.50. The van der Waals surface area contributed by atoms with Gasteiger partial charge in [0.1, 0.15) is 0 Å². The van der Waals surface area contributed by atoms with Gasteiger partial charge in [-0.1, -0.05) is 23.2 Å². The molecule has 1 unspecified atom stereocenters. The highest BCUT2D eigenvalue weighted by Crippen LogP contribution is 2.33. The molecule has 0 fully saturated rings. The standard InChI is InChI=1S/C16H11Cl2NO6/c17-10-2-4-14(19(24)25)11(7-10)12(16(22)23)6-9-5-8(15(20)21)1-3-13(9)18/h1-5,7,12H,6H2,(H,20,21)(H,22,23). The Labute approximate surface area is 151 Å². The summed E-state index contributed by atoms with van der Waals surface area (Å²) in [5.41, 5.74) is -0.281. The van der Waals surface area contributed by atoms with Gasteiger partial charge in [0.05, 0.1) is 16.4 Å². The quantitative estimate of drug-likeness (QED) is 0.574. The maximum atomic E-state index is 11.7. The third-order valence-corrected chi connectivity index (χ3v) is 4.18. The van der Waals surface area contributed by atoms with Gasteiger partial charge in [-0.25, -0.2) is 4.79 Å². The number of rotatable bonds is 6. The van der Waals surface area contributed by atoms with E-state index in [4.69, 9.17) is 28.3 Å². The highest BCUT2D eigenvalue weighted by molar-refractivity contribution is 6.31. The summed E-state index contributed by atoms with van der Waals surface area (Å²) in [7, 11) is 0. The van der Waals surface area contributed by atoms with Gasteiger partial charge < -0.3 is 10.2 Å². The Kier molecular flexibility index (Phi) is 5.61. The first-order chi connectivity index (χ1) is 11.7. The molecule has 2 rings (SSSR count). The molecule has 7 nitrogen and oxygen atoms in total. The number of aliphatic carboxylic acids is 1. The number of carbonyl (C=O) groups is 2. The molecule has 0 saturated carbocycles. The van der Waals surface area contributed by atoms with Crippen molar-refractivity contribution in [3.05, 3.63) is 73.2 Å². The van der Waals surface area contributed by atoms with E-state index in [1.54, 1.807) is 0 Å². The molecule has 9 heteroatoms. The summed E-state index contributed by atoms with van der Waals surface area (Å²) in [5.74, 6) is -3.83. The van der Waals surface area contributed by atoms with Crippen LogP contribution in [-0.4, -0.2) is 27.1 Å². The van der Waals surface area contributed by atoms with Gasteiger partial charge in [0.2, 0.25) is 0 Å². The van der Waals surface area contributed by atoms with Gasteiger partial charge in [-0.3, -0.25) is 14.9 Å². The second-order valence-electron chi connectivity index (χ2n) is 5.17. The van der Waals surface area contributed by atoms with Gasteiger partial charge in [0, 0.05) is 21.7 Å². The van der Waals surface area contributed by atoms with Gasteiger partial charge in [-0.05, 0) is 42.3 Å². The molecule has 0 aliphatic rings. The first-order valence-corrected chi connectivity index (χ1v) is 7.64. The summed E-state index contributed by atoms with van der Waals surface area (Å²) in [6.07, 6.45) is -0.226. The van der Waals surface area contributed by atoms with Crippen LogP contribution < -0.4 is 0 Å². The molecule has 0 aliphatic heterocycles. The van der Waals surface area contributed by atoms with E-state index < -0.39 is 22.8 Å². The van der Waals surface area contributed by atoms with Crippen molar-refractivity contribution in [2.75, 3.05) is 0 Å². The van der Waals surface area contributed by atoms with E-state index in [0.29, 0.717) is 0 Å². The van der Waals surface area contributed by atoms with Gasteiger partial charge in [0.15, 0.2) is 0 Å². The van der Waals surface area contributed by atoms with Crippen molar-refractivity contribution in [1.29, 1.82) is 0 Å². The summed E-state index contributed by atoms with van der Waals surface area (Å²) in [6.45, 7) is 0. The lowest BCUT2D eigenvalue weighted by Crippen LogP contribution is -2.16. The van der Waals surface area contributed by atoms with Crippen LogP contribution in [0.4, 0.5) is 5.69 Å². The lowest BCUT2D eigenvalue weighted by molar-refractivity contribution is -0.385. The number of nitrogens with zero attached hydrogens (tertiary/aromatic N) is 1. The fraction of sp³-hybridized carbons (Fsp3) is 0.125. The van der Waals surface area contributed by atoms with E-state index in [1.165, 1.54) is 30.3 Å². The highest BCUT2D eigenvalue weighted by atomic mass is 35.5. The van der Waals surface area contributed by atoms with E-state index in [-0.39, 0.29) is 38.8 Å². The highest BCUT2D eigenvalue weighted by Gasteiger charge is 2.29. The Balaban J connectivity index is 2.53. The number of carboxylic acids is 2. The lowest BCUT2D eigenvalue weighted by atomic mass is 9.90. The van der Waals surface area contributed by atoms with Gasteiger partial charge in [0.25, 0.3) is 5.69 Å². The van der Waals surface area contributed by atoms with E-state index >= 15 is 0 Å². The summed E-state index contributed by atoms with van der Waals surface area (Å²) < 4.78 is 0. The first-order valence-electron chi connectivity index (χ1n) is 6.89. The summed E-state index contributed by atoms with van der Waals surface area (Å²) in [4.78, 5) is 33.3. The minimum Gasteiger partial charge on any atom is -0.481 e. The Bertz CT molecular complexity index is 868. The Hall–Kier alpha value is -2.64. The van der Waals surface area contributed by atoms with Crippen molar-refractivity contribution in [3.8, 4) is 0 Å². The smallest absolute Gasteiger partial charge is 0.335 e. The number of nitro benzene ring substituents is 1. The molecule has 2 aromatic rings. The topological polar surface area (TPSA) is 118 Å². The van der Waals surface area contributed by atoms with Crippen molar-refractivity contribution in [2.45, 2.75) is 12.3 Å². The Morgan fingerprint density at radius 2 is 1.80 bits per heavy atom. The minimum absolute atomic E-state index is 0.0656. The van der Waals surface area contributed by atoms with E-state index in [0.717, 1.165) is 6.07 Å². The third kappa shape index (κ3) is 4.26. The molecule has 0 saturated heterocycles. The number of nitro groups is 1. The molecule has 0 bridgehead atoms. The number of benzene rings is 2. The van der Waals surface area contributed by atoms with Crippen molar-refractivity contribution in [2.24, 2.45) is 0 Å². The number of hydrogen-bond donors (Lipinski definition) is 2. The zero-order chi connectivity index (χ0) is 18.7. The molecule has 130 valence electrons. The van der Waals surface area contributed by atoms with Crippen LogP contribution in [0, 0.1) is 10.1 Å². The zero-order valence-corrected chi connectivity index (χ0v) is 14.0.